The van der Waals surface area contributed by atoms with E-state index >= 15 is 0 Å². The third kappa shape index (κ3) is 0.852. The SMILES string of the molecule is Cc1ccn2c(=O)[nH]cc2c1. The fourth-order valence-electron chi connectivity index (χ4n) is 1.13. The van der Waals surface area contributed by atoms with Gasteiger partial charge in [0.25, 0.3) is 0 Å². The van der Waals surface area contributed by atoms with Crippen LogP contribution in [0.3, 0.4) is 0 Å². The first-order valence-electron chi connectivity index (χ1n) is 3.44. The lowest BCUT2D eigenvalue weighted by atomic mass is 10.3. The predicted molar refractivity (Wildman–Crippen MR) is 42.8 cm³/mol. The number of aryl methyl sites for hydroxylation is 1. The minimum atomic E-state index is -0.0833. The fourth-order valence-corrected chi connectivity index (χ4v) is 1.13. The first-order valence-corrected chi connectivity index (χ1v) is 3.44. The molecule has 0 radical (unpaired) electrons. The second-order valence-electron chi connectivity index (χ2n) is 2.59. The lowest BCUT2D eigenvalue weighted by Gasteiger charge is -1.92. The third-order valence-corrected chi connectivity index (χ3v) is 1.70. The van der Waals surface area contributed by atoms with Crippen LogP contribution in [0.4, 0.5) is 0 Å². The van der Waals surface area contributed by atoms with Crippen LogP contribution in [0.15, 0.2) is 29.3 Å². The monoisotopic (exact) mass is 148 g/mol. The number of aromatic amines is 1. The third-order valence-electron chi connectivity index (χ3n) is 1.70. The Hall–Kier alpha value is -1.51. The summed E-state index contributed by atoms with van der Waals surface area (Å²) in [5.41, 5.74) is 1.99. The van der Waals surface area contributed by atoms with Gasteiger partial charge in [-0.2, -0.15) is 0 Å². The van der Waals surface area contributed by atoms with Gasteiger partial charge in [0, 0.05) is 12.4 Å². The second kappa shape index (κ2) is 1.99. The maximum absolute atomic E-state index is 11.0. The smallest absolute Gasteiger partial charge is 0.312 e. The Morgan fingerprint density at radius 3 is 3.18 bits per heavy atom. The molecule has 0 aliphatic rings. The topological polar surface area (TPSA) is 37.3 Å². The number of pyridine rings is 1. The van der Waals surface area contributed by atoms with Crippen molar-refractivity contribution in [1.29, 1.82) is 0 Å². The Morgan fingerprint density at radius 2 is 2.36 bits per heavy atom. The molecule has 0 fully saturated rings. The number of hydrogen-bond acceptors (Lipinski definition) is 1. The van der Waals surface area contributed by atoms with Gasteiger partial charge in [-0.25, -0.2) is 4.79 Å². The van der Waals surface area contributed by atoms with Crippen molar-refractivity contribution in [3.8, 4) is 0 Å². The predicted octanol–water partition coefficient (Wildman–Crippen LogP) is 0.936. The quantitative estimate of drug-likeness (QED) is 0.593. The largest absolute Gasteiger partial charge is 0.330 e. The molecule has 0 aliphatic heterocycles. The molecule has 0 amide bonds. The maximum atomic E-state index is 11.0. The van der Waals surface area contributed by atoms with Gasteiger partial charge in [0.05, 0.1) is 5.52 Å². The zero-order valence-corrected chi connectivity index (χ0v) is 6.16. The Balaban J connectivity index is 2.97. The van der Waals surface area contributed by atoms with Crippen LogP contribution < -0.4 is 5.69 Å². The average Bonchev–Trinajstić information content (AvgIpc) is 2.32. The van der Waals surface area contributed by atoms with Gasteiger partial charge in [0.15, 0.2) is 0 Å². The lowest BCUT2D eigenvalue weighted by Crippen LogP contribution is -2.07. The molecule has 0 aromatic carbocycles. The van der Waals surface area contributed by atoms with E-state index in [-0.39, 0.29) is 5.69 Å². The van der Waals surface area contributed by atoms with E-state index in [1.54, 1.807) is 16.8 Å². The molecule has 3 nitrogen and oxygen atoms in total. The molecular weight excluding hydrogens is 140 g/mol. The minimum Gasteiger partial charge on any atom is -0.312 e. The van der Waals surface area contributed by atoms with Crippen LogP contribution in [0.2, 0.25) is 0 Å². The molecule has 2 aromatic rings. The van der Waals surface area contributed by atoms with Crippen LogP contribution in [0, 0.1) is 6.92 Å². The fraction of sp³-hybridized carbons (Fsp3) is 0.125. The number of rotatable bonds is 0. The number of H-pyrrole nitrogens is 1. The molecule has 0 spiro atoms. The summed E-state index contributed by atoms with van der Waals surface area (Å²) in [4.78, 5) is 13.6. The Bertz CT molecular complexity index is 439. The van der Waals surface area contributed by atoms with Gasteiger partial charge < -0.3 is 4.98 Å². The zero-order valence-electron chi connectivity index (χ0n) is 6.16. The summed E-state index contributed by atoms with van der Waals surface area (Å²) >= 11 is 0. The molecule has 0 unspecified atom stereocenters. The number of nitrogens with zero attached hydrogens (tertiary/aromatic N) is 1. The highest BCUT2D eigenvalue weighted by molar-refractivity contribution is 5.46. The number of fused-ring (bicyclic) bond motifs is 1. The van der Waals surface area contributed by atoms with E-state index in [4.69, 9.17) is 0 Å². The van der Waals surface area contributed by atoms with Crippen molar-refractivity contribution in [3.63, 3.8) is 0 Å². The van der Waals surface area contributed by atoms with E-state index in [0.717, 1.165) is 11.1 Å². The van der Waals surface area contributed by atoms with E-state index in [1.807, 2.05) is 19.1 Å². The summed E-state index contributed by atoms with van der Waals surface area (Å²) in [5.74, 6) is 0. The number of nitrogens with one attached hydrogen (secondary N) is 1. The Morgan fingerprint density at radius 1 is 1.55 bits per heavy atom. The van der Waals surface area contributed by atoms with E-state index in [1.165, 1.54) is 0 Å². The summed E-state index contributed by atoms with van der Waals surface area (Å²) in [6.07, 6.45) is 3.47. The lowest BCUT2D eigenvalue weighted by molar-refractivity contribution is 1.06. The second-order valence-corrected chi connectivity index (χ2v) is 2.59. The average molecular weight is 148 g/mol. The van der Waals surface area contributed by atoms with Crippen molar-refractivity contribution in [1.82, 2.24) is 9.38 Å². The first kappa shape index (κ1) is 6.22. The molecule has 3 heteroatoms. The van der Waals surface area contributed by atoms with Crippen LogP contribution >= 0.6 is 0 Å². The molecule has 2 rings (SSSR count). The number of hydrogen-bond donors (Lipinski definition) is 1. The Kier molecular flexibility index (Phi) is 1.12. The standard InChI is InChI=1S/C8H8N2O/c1-6-2-3-10-7(4-6)5-9-8(10)11/h2-5H,1H3,(H,9,11). The van der Waals surface area contributed by atoms with Crippen LogP contribution in [-0.4, -0.2) is 9.38 Å². The van der Waals surface area contributed by atoms with Crippen LogP contribution in [0.5, 0.6) is 0 Å². The first-order chi connectivity index (χ1) is 5.27. The molecule has 11 heavy (non-hydrogen) atoms. The molecule has 0 aliphatic carbocycles. The summed E-state index contributed by atoms with van der Waals surface area (Å²) in [6.45, 7) is 2.00. The molecule has 56 valence electrons. The van der Waals surface area contributed by atoms with E-state index in [2.05, 4.69) is 4.98 Å². The molecule has 0 atom stereocenters. The highest BCUT2D eigenvalue weighted by atomic mass is 16.1. The van der Waals surface area contributed by atoms with Crippen LogP contribution in [-0.2, 0) is 0 Å². The Labute approximate surface area is 63.3 Å². The zero-order chi connectivity index (χ0) is 7.84. The molecule has 2 aromatic heterocycles. The minimum absolute atomic E-state index is 0.0833. The number of imidazole rings is 1. The molecule has 0 saturated carbocycles. The van der Waals surface area contributed by atoms with E-state index in [9.17, 15) is 4.79 Å². The molecule has 1 N–H and O–H groups in total. The highest BCUT2D eigenvalue weighted by Gasteiger charge is 1.94. The van der Waals surface area contributed by atoms with Gasteiger partial charge in [0.2, 0.25) is 0 Å². The normalized spacial score (nSPS) is 10.6. The van der Waals surface area contributed by atoms with Crippen molar-refractivity contribution < 1.29 is 0 Å². The van der Waals surface area contributed by atoms with E-state index in [0.29, 0.717) is 0 Å². The highest BCUT2D eigenvalue weighted by Crippen LogP contribution is 2.01. The molecule has 0 saturated heterocycles. The summed E-state index contributed by atoms with van der Waals surface area (Å²) in [7, 11) is 0. The van der Waals surface area contributed by atoms with Crippen molar-refractivity contribution >= 4 is 5.52 Å². The van der Waals surface area contributed by atoms with Crippen molar-refractivity contribution in [3.05, 3.63) is 40.6 Å². The van der Waals surface area contributed by atoms with Gasteiger partial charge >= 0.3 is 5.69 Å². The summed E-state index contributed by atoms with van der Waals surface area (Å²) < 4.78 is 1.58. The molecule has 0 bridgehead atoms. The molecular formula is C8H8N2O. The maximum Gasteiger partial charge on any atom is 0.330 e. The van der Waals surface area contributed by atoms with Crippen molar-refractivity contribution in [2.45, 2.75) is 6.92 Å². The van der Waals surface area contributed by atoms with E-state index < -0.39 is 0 Å². The van der Waals surface area contributed by atoms with Crippen molar-refractivity contribution in [2.75, 3.05) is 0 Å². The van der Waals surface area contributed by atoms with Gasteiger partial charge in [-0.05, 0) is 24.6 Å². The van der Waals surface area contributed by atoms with Gasteiger partial charge in [-0.1, -0.05) is 0 Å². The van der Waals surface area contributed by atoms with Crippen LogP contribution in [0.1, 0.15) is 5.56 Å². The number of aromatic nitrogens is 2. The van der Waals surface area contributed by atoms with Crippen molar-refractivity contribution in [2.24, 2.45) is 0 Å². The van der Waals surface area contributed by atoms with Crippen LogP contribution in [0.25, 0.3) is 5.52 Å². The molecule has 2 heterocycles. The summed E-state index contributed by atoms with van der Waals surface area (Å²) in [6, 6.07) is 3.86. The summed E-state index contributed by atoms with van der Waals surface area (Å²) in [5, 5.41) is 0. The van der Waals surface area contributed by atoms with Gasteiger partial charge in [-0.3, -0.25) is 4.40 Å². The van der Waals surface area contributed by atoms with Gasteiger partial charge in [-0.15, -0.1) is 0 Å². The van der Waals surface area contributed by atoms with Gasteiger partial charge in [0.1, 0.15) is 0 Å².